The number of carbonyl (C=O) groups is 1. The Bertz CT molecular complexity index is 2350. The Labute approximate surface area is 381 Å². The second-order valence-corrected chi connectivity index (χ2v) is 18.5. The molecule has 0 atom stereocenters. The summed E-state index contributed by atoms with van der Waals surface area (Å²) in [6.07, 6.45) is 16.4. The highest BCUT2D eigenvalue weighted by Gasteiger charge is 2.28. The molecule has 338 valence electrons. The fourth-order valence-electron chi connectivity index (χ4n) is 7.85. The molecule has 64 heavy (non-hydrogen) atoms. The maximum absolute atomic E-state index is 9.83. The van der Waals surface area contributed by atoms with Crippen LogP contribution in [0.5, 0.6) is 11.5 Å². The summed E-state index contributed by atoms with van der Waals surface area (Å²) in [5, 5.41) is 3.44. The highest BCUT2D eigenvalue weighted by molar-refractivity contribution is 5.70. The lowest BCUT2D eigenvalue weighted by molar-refractivity contribution is -0.113. The number of methoxy groups -OCH3 is 2. The van der Waals surface area contributed by atoms with Crippen molar-refractivity contribution < 1.29 is 14.3 Å². The molecular formula is C53H68N8O3. The average molecular weight is 865 g/mol. The second-order valence-electron chi connectivity index (χ2n) is 18.5. The zero-order chi connectivity index (χ0) is 44.8. The molecule has 0 unspecified atom stereocenters. The minimum Gasteiger partial charge on any atom is -0.497 e. The van der Waals surface area contributed by atoms with Gasteiger partial charge in [-0.25, -0.2) is 19.9 Å². The first-order valence-electron chi connectivity index (χ1n) is 22.1. The molecule has 0 aliphatic carbocycles. The first-order valence-corrected chi connectivity index (χ1v) is 22.1. The van der Waals surface area contributed by atoms with Crippen molar-refractivity contribution in [3.63, 3.8) is 0 Å². The molecule has 6 aromatic rings. The number of nitrogens with one attached hydrogen (secondary N) is 1. The van der Waals surface area contributed by atoms with Crippen LogP contribution in [0.1, 0.15) is 97.9 Å². The predicted molar refractivity (Wildman–Crippen MR) is 259 cm³/mol. The summed E-state index contributed by atoms with van der Waals surface area (Å²) in [4.78, 5) is 40.1. The molecule has 0 radical (unpaired) electrons. The zero-order valence-electron chi connectivity index (χ0n) is 38.3. The number of rotatable bonds is 9. The Kier molecular flexibility index (Phi) is 17.8. The van der Waals surface area contributed by atoms with E-state index in [2.05, 4.69) is 70.2 Å². The summed E-state index contributed by atoms with van der Waals surface area (Å²) in [7, 11) is 3.39. The van der Waals surface area contributed by atoms with Gasteiger partial charge in [-0.15, -0.1) is 0 Å². The van der Waals surface area contributed by atoms with E-state index in [9.17, 15) is 4.79 Å². The number of benzene rings is 2. The average Bonchev–Trinajstić information content (AvgIpc) is 3.32. The molecule has 0 saturated carbocycles. The number of ether oxygens (including phenoxy) is 2. The van der Waals surface area contributed by atoms with E-state index in [0.29, 0.717) is 17.3 Å². The van der Waals surface area contributed by atoms with Gasteiger partial charge in [0.1, 0.15) is 17.8 Å². The van der Waals surface area contributed by atoms with Crippen molar-refractivity contribution in [2.24, 2.45) is 10.8 Å². The quantitative estimate of drug-likeness (QED) is 0.139. The maximum atomic E-state index is 9.83. The van der Waals surface area contributed by atoms with E-state index < -0.39 is 0 Å². The Morgan fingerprint density at radius 2 is 1.06 bits per heavy atom. The van der Waals surface area contributed by atoms with Crippen LogP contribution in [0.2, 0.25) is 0 Å². The molecule has 1 N–H and O–H groups in total. The van der Waals surface area contributed by atoms with Gasteiger partial charge in [0.2, 0.25) is 0 Å². The van der Waals surface area contributed by atoms with Gasteiger partial charge in [-0.1, -0.05) is 73.2 Å². The number of carbonyl (C=O) groups excluding carboxylic acids is 1. The molecule has 2 aliphatic rings. The summed E-state index contributed by atoms with van der Waals surface area (Å²) in [5.74, 6) is 4.06. The lowest BCUT2D eigenvalue weighted by atomic mass is 9.87. The maximum Gasteiger partial charge on any atom is 0.159 e. The van der Waals surface area contributed by atoms with Crippen LogP contribution in [-0.4, -0.2) is 88.0 Å². The lowest BCUT2D eigenvalue weighted by Crippen LogP contribution is -2.38. The molecule has 4 aromatic heterocycles. The molecule has 2 aromatic carbocycles. The number of hydrogen-bond donors (Lipinski definition) is 1. The van der Waals surface area contributed by atoms with Crippen LogP contribution < -0.4 is 14.8 Å². The van der Waals surface area contributed by atoms with Crippen LogP contribution in [0.3, 0.4) is 0 Å². The Morgan fingerprint density at radius 1 is 0.641 bits per heavy atom. The number of aromatic nitrogens is 6. The molecular weight excluding hydrogens is 797 g/mol. The fourth-order valence-corrected chi connectivity index (χ4v) is 7.85. The molecule has 8 rings (SSSR count). The van der Waals surface area contributed by atoms with Crippen molar-refractivity contribution in [2.45, 2.75) is 86.5 Å². The Hall–Kier alpha value is -5.91. The Morgan fingerprint density at radius 3 is 1.45 bits per heavy atom. The summed E-state index contributed by atoms with van der Waals surface area (Å²) in [6, 6.07) is 24.1. The van der Waals surface area contributed by atoms with Crippen LogP contribution >= 0.6 is 0 Å². The van der Waals surface area contributed by atoms with Gasteiger partial charge in [-0.2, -0.15) is 0 Å². The summed E-state index contributed by atoms with van der Waals surface area (Å²) >= 11 is 0. The molecule has 0 bridgehead atoms. The predicted octanol–water partition coefficient (Wildman–Crippen LogP) is 11.0. The summed E-state index contributed by atoms with van der Waals surface area (Å²) < 4.78 is 10.9. The molecule has 6 heterocycles. The third kappa shape index (κ3) is 14.0. The van der Waals surface area contributed by atoms with E-state index in [0.717, 1.165) is 133 Å². The van der Waals surface area contributed by atoms with Crippen LogP contribution in [0.4, 0.5) is 0 Å². The van der Waals surface area contributed by atoms with Crippen LogP contribution in [0, 0.1) is 10.8 Å². The van der Waals surface area contributed by atoms with Gasteiger partial charge in [-0.3, -0.25) is 9.97 Å². The summed E-state index contributed by atoms with van der Waals surface area (Å²) in [5.41, 5.74) is 8.84. The van der Waals surface area contributed by atoms with Crippen LogP contribution in [0.15, 0.2) is 110 Å². The van der Waals surface area contributed by atoms with Gasteiger partial charge in [0.05, 0.1) is 25.6 Å². The SMILES string of the molecule is C.CC(C)(C)C=O.COc1cccc(-c2cnc(-c3ccncc3)nc2C2CCN(CC(C)(C)C)CC2)c1.COc1cccc(-c2cnc(-c3ccncc3)nc2C2CCNCC2)c1. The van der Waals surface area contributed by atoms with Gasteiger partial charge >= 0.3 is 0 Å². The van der Waals surface area contributed by atoms with Gasteiger partial charge in [0.25, 0.3) is 0 Å². The topological polar surface area (TPSA) is 128 Å². The molecule has 11 heteroatoms. The number of likely N-dealkylation sites (tertiary alicyclic amines) is 1. The largest absolute Gasteiger partial charge is 0.497 e. The number of piperidine rings is 2. The monoisotopic (exact) mass is 865 g/mol. The summed E-state index contributed by atoms with van der Waals surface area (Å²) in [6.45, 7) is 18.0. The van der Waals surface area contributed by atoms with Crippen molar-refractivity contribution >= 4 is 6.29 Å². The van der Waals surface area contributed by atoms with E-state index in [1.54, 1.807) is 39.0 Å². The number of aldehydes is 1. The number of pyridine rings is 2. The van der Waals surface area contributed by atoms with E-state index in [1.807, 2.05) is 81.7 Å². The van der Waals surface area contributed by atoms with Crippen molar-refractivity contribution in [3.8, 4) is 56.5 Å². The first kappa shape index (κ1) is 49.1. The van der Waals surface area contributed by atoms with Gasteiger partial charge in [-0.05, 0) is 117 Å². The van der Waals surface area contributed by atoms with Crippen molar-refractivity contribution in [2.75, 3.05) is 46.9 Å². The highest BCUT2D eigenvalue weighted by Crippen LogP contribution is 2.37. The minimum atomic E-state index is -0.139. The fraction of sp³-hybridized carbons (Fsp3) is 0.415. The molecule has 11 nitrogen and oxygen atoms in total. The number of nitrogens with zero attached hydrogens (tertiary/aromatic N) is 7. The molecule has 2 fully saturated rings. The molecule has 2 aliphatic heterocycles. The number of hydrogen-bond acceptors (Lipinski definition) is 11. The van der Waals surface area contributed by atoms with Crippen molar-refractivity contribution in [3.05, 3.63) is 121 Å². The smallest absolute Gasteiger partial charge is 0.159 e. The second kappa shape index (κ2) is 23.1. The van der Waals surface area contributed by atoms with E-state index >= 15 is 0 Å². The van der Waals surface area contributed by atoms with E-state index in [4.69, 9.17) is 24.4 Å². The highest BCUT2D eigenvalue weighted by atomic mass is 16.5. The van der Waals surface area contributed by atoms with Crippen LogP contribution in [0.25, 0.3) is 45.0 Å². The third-order valence-electron chi connectivity index (χ3n) is 11.0. The van der Waals surface area contributed by atoms with Gasteiger partial charge in [0.15, 0.2) is 11.6 Å². The normalized spacial score (nSPS) is 14.8. The third-order valence-corrected chi connectivity index (χ3v) is 11.0. The molecule has 0 spiro atoms. The van der Waals surface area contributed by atoms with Gasteiger partial charge < -0.3 is 24.5 Å². The van der Waals surface area contributed by atoms with Crippen molar-refractivity contribution in [1.29, 1.82) is 0 Å². The van der Waals surface area contributed by atoms with E-state index in [1.165, 1.54) is 0 Å². The van der Waals surface area contributed by atoms with Crippen molar-refractivity contribution in [1.82, 2.24) is 40.1 Å². The Balaban J connectivity index is 0.000000213. The first-order chi connectivity index (χ1) is 30.3. The standard InChI is InChI=1S/C26H32N4O.C21H22N4O.C5H10O.CH4/c1-26(2,3)18-30-14-10-19(11-15-30)24-23(21-6-5-7-22(16-21)31-4)17-28-25(29-24)20-8-12-27-13-9-20;1-26-18-4-2-3-17(13-18)19-14-24-21(16-7-11-23-12-8-16)25-20(19)15-5-9-22-10-6-15;1-5(2,3)4-6;/h5-9,12-13,16-17,19H,10-11,14-15,18H2,1-4H3;2-4,7-8,11-15,22H,5-6,9-10H2,1H3;4H,1-3H3;1H4. The molecule has 2 saturated heterocycles. The van der Waals surface area contributed by atoms with Gasteiger partial charge in [0, 0.05) is 83.2 Å². The molecule has 0 amide bonds. The van der Waals surface area contributed by atoms with Crippen LogP contribution in [-0.2, 0) is 4.79 Å². The zero-order valence-corrected chi connectivity index (χ0v) is 38.3. The lowest BCUT2D eigenvalue weighted by Gasteiger charge is -2.36. The van der Waals surface area contributed by atoms with E-state index in [-0.39, 0.29) is 12.8 Å². The minimum absolute atomic E-state index is 0.